The Hall–Kier alpha value is -1.23. The number of carbonyl (C=O) groups is 1. The van der Waals surface area contributed by atoms with Gasteiger partial charge in [-0.15, -0.1) is 6.58 Å². The summed E-state index contributed by atoms with van der Waals surface area (Å²) in [7, 11) is 5.43. The van der Waals surface area contributed by atoms with Crippen LogP contribution in [0.5, 0.6) is 0 Å². The Balaban J connectivity index is 2.73. The molecule has 7 N–H and O–H groups in total. The molecule has 2 heterocycles. The predicted molar refractivity (Wildman–Crippen MR) is 206 cm³/mol. The number of aliphatic hydroxyl groups excluding tert-OH is 2. The summed E-state index contributed by atoms with van der Waals surface area (Å²) in [6.45, 7) is 24.2. The van der Waals surface area contributed by atoms with E-state index in [-0.39, 0.29) is 43.4 Å². The molecule has 0 amide bonds. The van der Waals surface area contributed by atoms with E-state index in [1.807, 2.05) is 53.6 Å². The van der Waals surface area contributed by atoms with Gasteiger partial charge in [0.2, 0.25) is 0 Å². The maximum atomic E-state index is 14.3. The largest absolute Gasteiger partial charge is 0.459 e. The molecule has 0 aromatic carbocycles. The van der Waals surface area contributed by atoms with Crippen molar-refractivity contribution in [2.24, 2.45) is 29.4 Å². The smallest absolute Gasteiger partial charge is 0.311 e. The van der Waals surface area contributed by atoms with E-state index in [0.29, 0.717) is 13.0 Å². The van der Waals surface area contributed by atoms with E-state index in [1.54, 1.807) is 47.8 Å². The predicted octanol–water partition coefficient (Wildman–Crippen LogP) is 2.99. The molecule has 2 aliphatic heterocycles. The van der Waals surface area contributed by atoms with Crippen LogP contribution in [0.25, 0.3) is 0 Å². The van der Waals surface area contributed by atoms with Crippen molar-refractivity contribution in [3.8, 4) is 0 Å². The summed E-state index contributed by atoms with van der Waals surface area (Å²) in [4.78, 5) is 16.3. The second-order valence-corrected chi connectivity index (χ2v) is 17.4. The Morgan fingerprint density at radius 2 is 1.75 bits per heavy atom. The molecule has 13 heteroatoms. The van der Waals surface area contributed by atoms with E-state index in [4.69, 9.17) is 29.4 Å². The summed E-state index contributed by atoms with van der Waals surface area (Å²) in [6.07, 6.45) is -3.32. The number of aliphatic hydroxyl groups is 4. The van der Waals surface area contributed by atoms with E-state index < -0.39 is 89.5 Å². The molecule has 0 spiro atoms. The molecule has 0 saturated carbocycles. The van der Waals surface area contributed by atoms with Gasteiger partial charge < -0.3 is 60.1 Å². The average molecular weight is 760 g/mol. The van der Waals surface area contributed by atoms with Gasteiger partial charge >= 0.3 is 5.97 Å². The van der Waals surface area contributed by atoms with Crippen LogP contribution in [-0.2, 0) is 28.5 Å². The van der Waals surface area contributed by atoms with Crippen molar-refractivity contribution < 1.29 is 48.9 Å². The quantitative estimate of drug-likeness (QED) is 0.0788. The summed E-state index contributed by atoms with van der Waals surface area (Å²) in [5.41, 5.74) is 2.55. The van der Waals surface area contributed by atoms with Gasteiger partial charge in [-0.05, 0) is 93.7 Å². The minimum Gasteiger partial charge on any atom is -0.459 e. The van der Waals surface area contributed by atoms with Crippen molar-refractivity contribution in [3.05, 3.63) is 12.7 Å². The van der Waals surface area contributed by atoms with Gasteiger partial charge in [0.1, 0.15) is 11.7 Å². The van der Waals surface area contributed by atoms with Crippen LogP contribution in [-0.4, -0.2) is 143 Å². The number of carbonyl (C=O) groups excluding carboxylic acids is 1. The van der Waals surface area contributed by atoms with Crippen LogP contribution in [0.15, 0.2) is 12.7 Å². The number of esters is 1. The number of nitrogens with zero attached hydrogens (tertiary/aromatic N) is 1. The van der Waals surface area contributed by atoms with Gasteiger partial charge in [-0.1, -0.05) is 33.8 Å². The van der Waals surface area contributed by atoms with Gasteiger partial charge in [-0.25, -0.2) is 0 Å². The standard InChI is InChI=1S/C40H77N3O10/c1-16-18-42-23(5)20-38(10,47)31(34-32(44)28(43(13)14)19-24(6)50-34)25(7)33(53-30-21-39(11,49-15)35(41)27(9)51-30)26(8)37(46)52-29(17-2)40(12,48)36(45)22(3)4/h16,22-36,42,44-45,47-48H,1,17-21,41H2,2-15H3/t23-,24?,25-,26-,27+,28+,29-,30+,31?,32-,33+,34?,35?,36-,38-,39-,40-/m1/s1. The molecule has 2 fully saturated rings. The van der Waals surface area contributed by atoms with Crippen molar-refractivity contribution in [1.29, 1.82) is 0 Å². The number of nitrogens with two attached hydrogens (primary N) is 1. The van der Waals surface area contributed by atoms with Crippen molar-refractivity contribution in [3.63, 3.8) is 0 Å². The average Bonchev–Trinajstić information content (AvgIpc) is 3.07. The highest BCUT2D eigenvalue weighted by Crippen LogP contribution is 2.44. The van der Waals surface area contributed by atoms with Gasteiger partial charge in [-0.2, -0.15) is 0 Å². The third-order valence-corrected chi connectivity index (χ3v) is 12.1. The molecular formula is C40H77N3O10. The van der Waals surface area contributed by atoms with Crippen LogP contribution in [0, 0.1) is 23.7 Å². The summed E-state index contributed by atoms with van der Waals surface area (Å²) < 4.78 is 31.7. The zero-order chi connectivity index (χ0) is 40.8. The number of ether oxygens (including phenoxy) is 5. The lowest BCUT2D eigenvalue weighted by atomic mass is 9.67. The summed E-state index contributed by atoms with van der Waals surface area (Å²) in [6, 6.07) is -0.842. The fourth-order valence-corrected chi connectivity index (χ4v) is 8.82. The number of likely N-dealkylation sites (N-methyl/N-ethyl adjacent to an activating group) is 1. The Bertz CT molecular complexity index is 1140. The van der Waals surface area contributed by atoms with E-state index in [1.165, 1.54) is 6.92 Å². The highest BCUT2D eigenvalue weighted by Gasteiger charge is 2.54. The summed E-state index contributed by atoms with van der Waals surface area (Å²) >= 11 is 0. The third-order valence-electron chi connectivity index (χ3n) is 12.1. The van der Waals surface area contributed by atoms with E-state index in [9.17, 15) is 25.2 Å². The van der Waals surface area contributed by atoms with Crippen LogP contribution < -0.4 is 11.1 Å². The third kappa shape index (κ3) is 11.7. The molecule has 0 bridgehead atoms. The van der Waals surface area contributed by atoms with Crippen molar-refractivity contribution in [2.75, 3.05) is 27.7 Å². The first-order valence-electron chi connectivity index (χ1n) is 19.7. The SMILES string of the molecule is C=CCN[C@H](C)C[C@@](C)(O)C(C1OC(C)C[C@H](N(C)C)[C@H]1O)[C@@H](C)[C@H](O[C@H]1C[C@@](C)(OC)C(N)[C@H](C)O1)[C@@H](C)C(=O)O[C@H](CC)[C@@](C)(O)[C@H](O)C(C)C. The number of hydrogen-bond donors (Lipinski definition) is 6. The summed E-state index contributed by atoms with van der Waals surface area (Å²) in [5, 5.41) is 50.3. The van der Waals surface area contributed by atoms with Crippen molar-refractivity contribution >= 4 is 5.97 Å². The van der Waals surface area contributed by atoms with Crippen LogP contribution in [0.2, 0.25) is 0 Å². The Morgan fingerprint density at radius 1 is 1.15 bits per heavy atom. The molecule has 2 saturated heterocycles. The Labute approximate surface area is 320 Å². The van der Waals surface area contributed by atoms with E-state index >= 15 is 0 Å². The lowest BCUT2D eigenvalue weighted by molar-refractivity contribution is -0.280. The Kier molecular flexibility index (Phi) is 17.9. The van der Waals surface area contributed by atoms with Crippen LogP contribution in [0.4, 0.5) is 0 Å². The molecule has 4 unspecified atom stereocenters. The highest BCUT2D eigenvalue weighted by atomic mass is 16.7. The van der Waals surface area contributed by atoms with E-state index in [0.717, 1.165) is 0 Å². The molecule has 312 valence electrons. The van der Waals surface area contributed by atoms with Crippen LogP contribution in [0.3, 0.4) is 0 Å². The second-order valence-electron chi connectivity index (χ2n) is 17.4. The molecule has 0 aliphatic carbocycles. The van der Waals surface area contributed by atoms with Gasteiger partial charge in [0.15, 0.2) is 6.29 Å². The minimum absolute atomic E-state index is 0.145. The maximum Gasteiger partial charge on any atom is 0.311 e. The molecule has 0 aromatic rings. The number of nitrogens with one attached hydrogen (secondary N) is 1. The maximum absolute atomic E-state index is 14.3. The zero-order valence-electron chi connectivity index (χ0n) is 35.2. The van der Waals surface area contributed by atoms with Crippen molar-refractivity contribution in [2.45, 2.75) is 186 Å². The highest BCUT2D eigenvalue weighted by molar-refractivity contribution is 5.73. The first-order chi connectivity index (χ1) is 24.4. The van der Waals surface area contributed by atoms with Gasteiger partial charge in [0.05, 0.1) is 59.8 Å². The van der Waals surface area contributed by atoms with Gasteiger partial charge in [-0.3, -0.25) is 4.79 Å². The first-order valence-corrected chi connectivity index (χ1v) is 19.7. The molecule has 0 aromatic heterocycles. The fraction of sp³-hybridized carbons (Fsp3) is 0.925. The number of rotatable bonds is 20. The molecule has 17 atom stereocenters. The first kappa shape index (κ1) is 47.9. The Morgan fingerprint density at radius 3 is 2.26 bits per heavy atom. The minimum atomic E-state index is -1.73. The van der Waals surface area contributed by atoms with Crippen LogP contribution >= 0.6 is 0 Å². The van der Waals surface area contributed by atoms with Crippen molar-refractivity contribution in [1.82, 2.24) is 10.2 Å². The fourth-order valence-electron chi connectivity index (χ4n) is 8.82. The molecule has 2 aliphatic rings. The van der Waals surface area contributed by atoms with Gasteiger partial charge in [0.25, 0.3) is 0 Å². The lowest BCUT2D eigenvalue weighted by Gasteiger charge is -2.52. The van der Waals surface area contributed by atoms with E-state index in [2.05, 4.69) is 11.9 Å². The molecule has 53 heavy (non-hydrogen) atoms. The molecule has 2 rings (SSSR count). The molecule has 0 radical (unpaired) electrons. The zero-order valence-corrected chi connectivity index (χ0v) is 35.2. The monoisotopic (exact) mass is 760 g/mol. The molecular weight excluding hydrogens is 682 g/mol. The van der Waals surface area contributed by atoms with Crippen LogP contribution in [0.1, 0.15) is 102 Å². The van der Waals surface area contributed by atoms with Gasteiger partial charge in [0, 0.05) is 38.1 Å². The second kappa shape index (κ2) is 19.8. The summed E-state index contributed by atoms with van der Waals surface area (Å²) in [5.74, 6) is -3.31. The lowest BCUT2D eigenvalue weighted by Crippen LogP contribution is -2.63. The topological polar surface area (TPSA) is 185 Å². The molecule has 13 nitrogen and oxygen atoms in total. The number of methoxy groups -OCH3 is 1. The normalized spacial score (nSPS) is 34.6. The number of hydrogen-bond acceptors (Lipinski definition) is 13.